The van der Waals surface area contributed by atoms with Gasteiger partial charge in [0.1, 0.15) is 6.26 Å². The molecule has 2 heterocycles. The second kappa shape index (κ2) is 5.16. The van der Waals surface area contributed by atoms with Gasteiger partial charge < -0.3 is 9.32 Å². The molecule has 1 aliphatic heterocycles. The van der Waals surface area contributed by atoms with E-state index in [1.54, 1.807) is 12.3 Å². The molecule has 16 heavy (non-hydrogen) atoms. The fraction of sp³-hybridized carbons (Fsp3) is 0.583. The molecule has 0 saturated carbocycles. The minimum Gasteiger partial charge on any atom is -0.472 e. The Morgan fingerprint density at radius 1 is 1.38 bits per heavy atom. The van der Waals surface area contributed by atoms with Gasteiger partial charge in [-0.25, -0.2) is 0 Å². The first-order valence-electron chi connectivity index (χ1n) is 5.85. The monoisotopic (exact) mass is 222 g/mol. The van der Waals surface area contributed by atoms with Gasteiger partial charge in [-0.3, -0.25) is 9.69 Å². The van der Waals surface area contributed by atoms with E-state index in [0.29, 0.717) is 5.56 Å². The van der Waals surface area contributed by atoms with Crippen molar-refractivity contribution in [1.82, 2.24) is 9.80 Å². The highest BCUT2D eigenvalue weighted by molar-refractivity contribution is 5.93. The molecular formula is C12H18N2O2. The summed E-state index contributed by atoms with van der Waals surface area (Å²) < 4.78 is 4.93. The smallest absolute Gasteiger partial charge is 0.257 e. The summed E-state index contributed by atoms with van der Waals surface area (Å²) in [6.07, 6.45) is 4.23. The summed E-state index contributed by atoms with van der Waals surface area (Å²) in [5.41, 5.74) is 0.656. The maximum Gasteiger partial charge on any atom is 0.257 e. The van der Waals surface area contributed by atoms with E-state index in [1.165, 1.54) is 12.7 Å². The Bertz CT molecular complexity index is 327. The quantitative estimate of drug-likeness (QED) is 0.776. The fourth-order valence-electron chi connectivity index (χ4n) is 2.06. The lowest BCUT2D eigenvalue weighted by atomic mass is 10.2. The summed E-state index contributed by atoms with van der Waals surface area (Å²) in [6, 6.07) is 1.72. The number of hydrogen-bond donors (Lipinski definition) is 0. The van der Waals surface area contributed by atoms with Gasteiger partial charge in [0, 0.05) is 26.2 Å². The molecule has 1 saturated heterocycles. The molecule has 1 fully saturated rings. The van der Waals surface area contributed by atoms with Crippen LogP contribution in [0.1, 0.15) is 23.7 Å². The Balaban J connectivity index is 1.87. The first-order chi connectivity index (χ1) is 7.81. The lowest BCUT2D eigenvalue weighted by Crippen LogP contribution is -2.48. The number of rotatable bonds is 3. The van der Waals surface area contributed by atoms with Crippen molar-refractivity contribution in [2.24, 2.45) is 0 Å². The second-order valence-corrected chi connectivity index (χ2v) is 4.15. The van der Waals surface area contributed by atoms with Crippen LogP contribution in [0.3, 0.4) is 0 Å². The molecule has 0 N–H and O–H groups in total. The van der Waals surface area contributed by atoms with Gasteiger partial charge in [-0.1, -0.05) is 6.92 Å². The molecule has 1 aromatic heterocycles. The largest absolute Gasteiger partial charge is 0.472 e. The summed E-state index contributed by atoms with van der Waals surface area (Å²) in [5, 5.41) is 0. The van der Waals surface area contributed by atoms with Crippen LogP contribution in [0.2, 0.25) is 0 Å². The number of furan rings is 1. The van der Waals surface area contributed by atoms with Crippen LogP contribution >= 0.6 is 0 Å². The van der Waals surface area contributed by atoms with Crippen LogP contribution in [-0.2, 0) is 0 Å². The second-order valence-electron chi connectivity index (χ2n) is 4.15. The van der Waals surface area contributed by atoms with Crippen molar-refractivity contribution >= 4 is 5.91 Å². The van der Waals surface area contributed by atoms with E-state index in [0.717, 1.165) is 32.7 Å². The lowest BCUT2D eigenvalue weighted by molar-refractivity contribution is 0.0637. The van der Waals surface area contributed by atoms with Gasteiger partial charge in [0.2, 0.25) is 0 Å². The zero-order valence-electron chi connectivity index (χ0n) is 9.69. The van der Waals surface area contributed by atoms with Gasteiger partial charge in [0.15, 0.2) is 0 Å². The lowest BCUT2D eigenvalue weighted by Gasteiger charge is -2.34. The van der Waals surface area contributed by atoms with Crippen LogP contribution in [0.25, 0.3) is 0 Å². The molecule has 4 heteroatoms. The average molecular weight is 222 g/mol. The molecule has 1 aliphatic rings. The molecule has 1 aromatic rings. The fourth-order valence-corrected chi connectivity index (χ4v) is 2.06. The Morgan fingerprint density at radius 3 is 2.69 bits per heavy atom. The summed E-state index contributed by atoms with van der Waals surface area (Å²) >= 11 is 0. The van der Waals surface area contributed by atoms with Gasteiger partial charge in [-0.05, 0) is 19.0 Å². The van der Waals surface area contributed by atoms with E-state index in [9.17, 15) is 4.79 Å². The van der Waals surface area contributed by atoms with E-state index in [4.69, 9.17) is 4.42 Å². The summed E-state index contributed by atoms with van der Waals surface area (Å²) in [7, 11) is 0. The minimum absolute atomic E-state index is 0.0879. The van der Waals surface area contributed by atoms with Crippen LogP contribution in [-0.4, -0.2) is 48.4 Å². The summed E-state index contributed by atoms with van der Waals surface area (Å²) in [5.74, 6) is 0.0879. The Morgan fingerprint density at radius 2 is 2.12 bits per heavy atom. The maximum absolute atomic E-state index is 12.0. The summed E-state index contributed by atoms with van der Waals surface area (Å²) in [6.45, 7) is 6.93. The zero-order valence-corrected chi connectivity index (χ0v) is 9.69. The predicted octanol–water partition coefficient (Wildman–Crippen LogP) is 1.45. The van der Waals surface area contributed by atoms with E-state index in [2.05, 4.69) is 11.8 Å². The molecule has 0 radical (unpaired) electrons. The highest BCUT2D eigenvalue weighted by Gasteiger charge is 2.21. The van der Waals surface area contributed by atoms with E-state index in [1.807, 2.05) is 4.90 Å². The number of amides is 1. The molecule has 2 rings (SSSR count). The minimum atomic E-state index is 0.0879. The Labute approximate surface area is 95.8 Å². The number of carbonyl (C=O) groups is 1. The molecule has 4 nitrogen and oxygen atoms in total. The van der Waals surface area contributed by atoms with Gasteiger partial charge in [0.25, 0.3) is 5.91 Å². The summed E-state index contributed by atoms with van der Waals surface area (Å²) in [4.78, 5) is 16.3. The van der Waals surface area contributed by atoms with E-state index >= 15 is 0 Å². The van der Waals surface area contributed by atoms with Crippen molar-refractivity contribution < 1.29 is 9.21 Å². The highest BCUT2D eigenvalue weighted by Crippen LogP contribution is 2.09. The number of hydrogen-bond acceptors (Lipinski definition) is 3. The predicted molar refractivity (Wildman–Crippen MR) is 61.3 cm³/mol. The third kappa shape index (κ3) is 2.44. The van der Waals surface area contributed by atoms with E-state index in [-0.39, 0.29) is 5.91 Å². The molecule has 0 unspecified atom stereocenters. The molecule has 88 valence electrons. The molecule has 0 bridgehead atoms. The van der Waals surface area contributed by atoms with Gasteiger partial charge in [0.05, 0.1) is 11.8 Å². The van der Waals surface area contributed by atoms with Gasteiger partial charge >= 0.3 is 0 Å². The normalized spacial score (nSPS) is 17.7. The Kier molecular flexibility index (Phi) is 3.62. The zero-order chi connectivity index (χ0) is 11.4. The third-order valence-corrected chi connectivity index (χ3v) is 2.97. The van der Waals surface area contributed by atoms with Gasteiger partial charge in [-0.2, -0.15) is 0 Å². The Hall–Kier alpha value is -1.29. The molecule has 0 aliphatic carbocycles. The average Bonchev–Trinajstić information content (AvgIpc) is 2.83. The third-order valence-electron chi connectivity index (χ3n) is 2.97. The van der Waals surface area contributed by atoms with Gasteiger partial charge in [-0.15, -0.1) is 0 Å². The topological polar surface area (TPSA) is 36.7 Å². The van der Waals surface area contributed by atoms with Crippen LogP contribution in [0.5, 0.6) is 0 Å². The molecular weight excluding hydrogens is 204 g/mol. The number of carbonyl (C=O) groups excluding carboxylic acids is 1. The molecule has 0 atom stereocenters. The van der Waals surface area contributed by atoms with Crippen molar-refractivity contribution in [3.63, 3.8) is 0 Å². The van der Waals surface area contributed by atoms with Crippen molar-refractivity contribution in [3.05, 3.63) is 24.2 Å². The van der Waals surface area contributed by atoms with Crippen LogP contribution in [0.4, 0.5) is 0 Å². The van der Waals surface area contributed by atoms with Crippen LogP contribution in [0, 0.1) is 0 Å². The van der Waals surface area contributed by atoms with Crippen LogP contribution < -0.4 is 0 Å². The number of nitrogens with zero attached hydrogens (tertiary/aromatic N) is 2. The molecule has 1 amide bonds. The number of piperazine rings is 1. The van der Waals surface area contributed by atoms with E-state index < -0.39 is 0 Å². The van der Waals surface area contributed by atoms with Crippen LogP contribution in [0.15, 0.2) is 23.0 Å². The maximum atomic E-state index is 12.0. The van der Waals surface area contributed by atoms with Crippen molar-refractivity contribution in [3.8, 4) is 0 Å². The SMILES string of the molecule is CCCN1CCN(C(=O)c2ccoc2)CC1. The molecule has 0 aromatic carbocycles. The highest BCUT2D eigenvalue weighted by atomic mass is 16.3. The first-order valence-corrected chi connectivity index (χ1v) is 5.85. The van der Waals surface area contributed by atoms with Crippen molar-refractivity contribution in [1.29, 1.82) is 0 Å². The molecule has 0 spiro atoms. The standard InChI is InChI=1S/C12H18N2O2/c1-2-4-13-5-7-14(8-6-13)12(15)11-3-9-16-10-11/h3,9-10H,2,4-8H2,1H3. The van der Waals surface area contributed by atoms with Crippen molar-refractivity contribution in [2.75, 3.05) is 32.7 Å². The first kappa shape index (κ1) is 11.2. The van der Waals surface area contributed by atoms with Crippen molar-refractivity contribution in [2.45, 2.75) is 13.3 Å².